The monoisotopic (exact) mass is 575 g/mol. The molecule has 0 radical (unpaired) electrons. The Morgan fingerprint density at radius 2 is 1.62 bits per heavy atom. The van der Waals surface area contributed by atoms with Crippen molar-refractivity contribution >= 4 is 40.8 Å². The van der Waals surface area contributed by atoms with Crippen LogP contribution in [0.15, 0.2) is 42.5 Å². The Bertz CT molecular complexity index is 1360. The molecule has 0 saturated carbocycles. The minimum absolute atomic E-state index is 0.0872. The summed E-state index contributed by atoms with van der Waals surface area (Å²) < 4.78 is 5.15. The van der Waals surface area contributed by atoms with Gasteiger partial charge < -0.3 is 25.6 Å². The van der Waals surface area contributed by atoms with Crippen molar-refractivity contribution in [2.75, 3.05) is 7.11 Å². The molecular weight excluding hydrogens is 545 g/mol. The highest BCUT2D eigenvalue weighted by Crippen LogP contribution is 2.35. The highest BCUT2D eigenvalue weighted by atomic mass is 35.5. The Morgan fingerprint density at radius 1 is 0.949 bits per heavy atom. The molecule has 5 N–H and O–H groups in total. The largest absolute Gasteiger partial charge is 0.495 e. The zero-order valence-electron chi connectivity index (χ0n) is 22.0. The molecule has 2 aromatic carbocycles. The van der Waals surface area contributed by atoms with Crippen LogP contribution in [0, 0.1) is 12.8 Å². The fourth-order valence-corrected chi connectivity index (χ4v) is 4.68. The van der Waals surface area contributed by atoms with Crippen LogP contribution >= 0.6 is 23.2 Å². The van der Waals surface area contributed by atoms with Gasteiger partial charge in [0.25, 0.3) is 0 Å². The first-order valence-corrected chi connectivity index (χ1v) is 13.0. The number of H-pyrrole nitrogens is 1. The summed E-state index contributed by atoms with van der Waals surface area (Å²) in [6.45, 7) is 4.99. The van der Waals surface area contributed by atoms with E-state index in [1.165, 1.54) is 14.0 Å². The van der Waals surface area contributed by atoms with Gasteiger partial charge in [-0.1, -0.05) is 73.4 Å². The van der Waals surface area contributed by atoms with Crippen molar-refractivity contribution in [3.8, 4) is 17.5 Å². The molecule has 1 heterocycles. The van der Waals surface area contributed by atoms with Crippen LogP contribution in [0.1, 0.15) is 53.4 Å². The van der Waals surface area contributed by atoms with E-state index in [0.717, 1.165) is 0 Å². The maximum Gasteiger partial charge on any atom is 0.224 e. The van der Waals surface area contributed by atoms with Crippen molar-refractivity contribution in [1.82, 2.24) is 15.6 Å². The molecule has 2 atom stereocenters. The number of carbonyl (C=O) groups is 3. The smallest absolute Gasteiger partial charge is 0.224 e. The summed E-state index contributed by atoms with van der Waals surface area (Å²) in [5, 5.41) is 26.0. The Balaban J connectivity index is 1.78. The number of amides is 2. The molecule has 0 unspecified atom stereocenters. The van der Waals surface area contributed by atoms with Gasteiger partial charge in [-0.2, -0.15) is 0 Å². The topological polar surface area (TPSA) is 141 Å². The van der Waals surface area contributed by atoms with Crippen LogP contribution in [0.5, 0.6) is 17.5 Å². The van der Waals surface area contributed by atoms with E-state index in [0.29, 0.717) is 16.9 Å². The summed E-state index contributed by atoms with van der Waals surface area (Å²) in [4.78, 5) is 41.7. The number of nitrogens with one attached hydrogen (secondary N) is 3. The fraction of sp³-hybridized carbons (Fsp3) is 0.321. The van der Waals surface area contributed by atoms with Crippen LogP contribution in [0.4, 0.5) is 0 Å². The number of carbonyl (C=O) groups excluding carboxylic acids is 3. The van der Waals surface area contributed by atoms with Crippen LogP contribution in [0.25, 0.3) is 0 Å². The van der Waals surface area contributed by atoms with Crippen LogP contribution in [-0.4, -0.2) is 45.9 Å². The quantitative estimate of drug-likeness (QED) is 0.207. The minimum Gasteiger partial charge on any atom is -0.495 e. The highest BCUT2D eigenvalue weighted by molar-refractivity contribution is 6.43. The summed E-state index contributed by atoms with van der Waals surface area (Å²) in [6.07, 6.45) is -0.247. The first kappa shape index (κ1) is 29.9. The second kappa shape index (κ2) is 12.9. The number of aromatic nitrogens is 1. The minimum atomic E-state index is -0.982. The summed E-state index contributed by atoms with van der Waals surface area (Å²) in [5.74, 6) is -2.16. The molecule has 11 heteroatoms. The number of ketones is 1. The molecule has 0 bridgehead atoms. The van der Waals surface area contributed by atoms with Crippen molar-refractivity contribution in [1.29, 1.82) is 0 Å². The van der Waals surface area contributed by atoms with Gasteiger partial charge in [-0.05, 0) is 30.0 Å². The van der Waals surface area contributed by atoms with E-state index in [1.807, 2.05) is 6.07 Å². The molecule has 0 aliphatic carbocycles. The van der Waals surface area contributed by atoms with Gasteiger partial charge in [-0.15, -0.1) is 0 Å². The Labute approximate surface area is 236 Å². The molecule has 39 heavy (non-hydrogen) atoms. The predicted molar refractivity (Wildman–Crippen MR) is 149 cm³/mol. The van der Waals surface area contributed by atoms with Gasteiger partial charge in [0.1, 0.15) is 10.8 Å². The Hall–Kier alpha value is -3.69. The summed E-state index contributed by atoms with van der Waals surface area (Å²) >= 11 is 12.5. The summed E-state index contributed by atoms with van der Waals surface area (Å²) in [7, 11) is 1.46. The van der Waals surface area contributed by atoms with Gasteiger partial charge in [0.05, 0.1) is 42.6 Å². The van der Waals surface area contributed by atoms with Gasteiger partial charge in [0.15, 0.2) is 11.7 Å². The van der Waals surface area contributed by atoms with E-state index < -0.39 is 29.7 Å². The fourth-order valence-electron chi connectivity index (χ4n) is 4.20. The summed E-state index contributed by atoms with van der Waals surface area (Å²) in [5.41, 5.74) is 1.28. The number of halogens is 2. The van der Waals surface area contributed by atoms with Crippen LogP contribution < -0.4 is 15.4 Å². The van der Waals surface area contributed by atoms with Gasteiger partial charge >= 0.3 is 0 Å². The third-order valence-corrected chi connectivity index (χ3v) is 7.24. The molecule has 0 saturated heterocycles. The normalized spacial score (nSPS) is 12.6. The predicted octanol–water partition coefficient (Wildman–Crippen LogP) is 4.86. The lowest BCUT2D eigenvalue weighted by Crippen LogP contribution is -2.45. The number of benzene rings is 2. The first-order chi connectivity index (χ1) is 18.4. The molecular formula is C28H31Cl2N3O6. The number of aromatic hydroxyl groups is 2. The van der Waals surface area contributed by atoms with Crippen molar-refractivity contribution < 1.29 is 29.3 Å². The molecule has 3 aromatic rings. The molecule has 2 amide bonds. The van der Waals surface area contributed by atoms with Crippen LogP contribution in [0.2, 0.25) is 10.0 Å². The molecule has 9 nitrogen and oxygen atoms in total. The van der Waals surface area contributed by atoms with Crippen molar-refractivity contribution in [3.63, 3.8) is 0 Å². The number of hydrogen-bond donors (Lipinski definition) is 5. The number of aromatic amines is 1. The maximum absolute atomic E-state index is 13.2. The van der Waals surface area contributed by atoms with E-state index in [4.69, 9.17) is 27.9 Å². The number of Topliss-reactive ketones (excluding diaryl/α,β-unsaturated/α-hetero) is 1. The van der Waals surface area contributed by atoms with Crippen LogP contribution in [-0.2, 0) is 16.0 Å². The number of rotatable bonds is 11. The SMILES string of the molecule is COc1ccc(CC(=O)N[C@@H](CC(=O)N[C@H](C(=O)c2c(O)[nH]c(O)c2C)C(C)C)c2ccccc2)c(Cl)c1Cl. The first-order valence-electron chi connectivity index (χ1n) is 12.2. The third kappa shape index (κ3) is 7.04. The zero-order chi connectivity index (χ0) is 28.9. The highest BCUT2D eigenvalue weighted by Gasteiger charge is 2.31. The number of hydrogen-bond acceptors (Lipinski definition) is 6. The Kier molecular flexibility index (Phi) is 9.88. The molecule has 3 rings (SSSR count). The second-order valence-corrected chi connectivity index (χ2v) is 10.2. The maximum atomic E-state index is 13.2. The lowest BCUT2D eigenvalue weighted by Gasteiger charge is -2.24. The second-order valence-electron chi connectivity index (χ2n) is 9.44. The molecule has 0 aliphatic rings. The van der Waals surface area contributed by atoms with Gasteiger partial charge in [0, 0.05) is 5.56 Å². The Morgan fingerprint density at radius 3 is 2.18 bits per heavy atom. The number of methoxy groups -OCH3 is 1. The van der Waals surface area contributed by atoms with E-state index in [9.17, 15) is 24.6 Å². The standard InChI is InChI=1S/C28H31Cl2N3O6/c1-14(2)25(26(36)22-15(3)27(37)33-28(22)38)32-21(35)13-18(16-8-6-5-7-9-16)31-20(34)12-17-10-11-19(39-4)24(30)23(17)29/h5-11,14,18,25,33,37-38H,12-13H2,1-4H3,(H,31,34)(H,32,35)/t18-,25-/m0/s1. The molecule has 0 aliphatic heterocycles. The molecule has 0 fully saturated rings. The third-order valence-electron chi connectivity index (χ3n) is 6.34. The van der Waals surface area contributed by atoms with E-state index in [-0.39, 0.29) is 51.7 Å². The zero-order valence-corrected chi connectivity index (χ0v) is 23.5. The molecule has 208 valence electrons. The molecule has 1 aromatic heterocycles. The average Bonchev–Trinajstić information content (AvgIpc) is 3.15. The van der Waals surface area contributed by atoms with Crippen LogP contribution in [0.3, 0.4) is 0 Å². The van der Waals surface area contributed by atoms with Gasteiger partial charge in [-0.25, -0.2) is 0 Å². The van der Waals surface area contributed by atoms with E-state index >= 15 is 0 Å². The van der Waals surface area contributed by atoms with Crippen molar-refractivity contribution in [2.45, 2.75) is 45.7 Å². The lowest BCUT2D eigenvalue weighted by molar-refractivity contribution is -0.123. The van der Waals surface area contributed by atoms with Crippen molar-refractivity contribution in [2.24, 2.45) is 5.92 Å². The lowest BCUT2D eigenvalue weighted by atomic mass is 9.93. The van der Waals surface area contributed by atoms with Gasteiger partial charge in [-0.3, -0.25) is 19.4 Å². The molecule has 0 spiro atoms. The van der Waals surface area contributed by atoms with E-state index in [2.05, 4.69) is 15.6 Å². The average molecular weight is 576 g/mol. The van der Waals surface area contributed by atoms with Gasteiger partial charge in [0.2, 0.25) is 17.7 Å². The van der Waals surface area contributed by atoms with Crippen molar-refractivity contribution in [3.05, 3.63) is 74.8 Å². The van der Waals surface area contributed by atoms with E-state index in [1.54, 1.807) is 50.2 Å². The number of ether oxygens (including phenoxy) is 1. The summed E-state index contributed by atoms with van der Waals surface area (Å²) in [6, 6.07) is 10.5.